The van der Waals surface area contributed by atoms with Gasteiger partial charge in [0.1, 0.15) is 6.04 Å². The van der Waals surface area contributed by atoms with Gasteiger partial charge in [0, 0.05) is 6.04 Å². The zero-order valence-corrected chi connectivity index (χ0v) is 10.1. The summed E-state index contributed by atoms with van der Waals surface area (Å²) in [4.78, 5) is 12.8. The third-order valence-electron chi connectivity index (χ3n) is 3.55. The normalized spacial score (nSPS) is 25.1. The van der Waals surface area contributed by atoms with Gasteiger partial charge in [-0.15, -0.1) is 0 Å². The fourth-order valence-electron chi connectivity index (χ4n) is 2.55. The van der Waals surface area contributed by atoms with Crippen LogP contribution in [0.3, 0.4) is 0 Å². The second-order valence-electron chi connectivity index (χ2n) is 4.64. The minimum Gasteiger partial charge on any atom is -0.480 e. The zero-order valence-electron chi connectivity index (χ0n) is 10.1. The number of likely N-dealkylation sites (N-methyl/N-ethyl adjacent to an activating group) is 1. The fourth-order valence-corrected chi connectivity index (χ4v) is 2.55. The van der Waals surface area contributed by atoms with Crippen molar-refractivity contribution < 1.29 is 18.7 Å². The first kappa shape index (κ1) is 13.0. The molecule has 5 heteroatoms. The van der Waals surface area contributed by atoms with Crippen LogP contribution < -0.4 is 0 Å². The van der Waals surface area contributed by atoms with E-state index in [4.69, 9.17) is 5.11 Å². The Balaban J connectivity index is 2.26. The van der Waals surface area contributed by atoms with Crippen molar-refractivity contribution in [3.05, 3.63) is 35.4 Å². The van der Waals surface area contributed by atoms with Crippen molar-refractivity contribution >= 4 is 5.97 Å². The minimum absolute atomic E-state index is 0.171. The molecule has 2 rings (SSSR count). The lowest BCUT2D eigenvalue weighted by atomic mass is 9.91. The van der Waals surface area contributed by atoms with E-state index < -0.39 is 23.6 Å². The smallest absolute Gasteiger partial charge is 0.320 e. The predicted molar refractivity (Wildman–Crippen MR) is 62.1 cm³/mol. The van der Waals surface area contributed by atoms with E-state index in [9.17, 15) is 13.6 Å². The maximum absolute atomic E-state index is 13.2. The van der Waals surface area contributed by atoms with Crippen molar-refractivity contribution in [2.75, 3.05) is 7.05 Å². The first-order chi connectivity index (χ1) is 8.50. The number of likely N-dealkylation sites (tertiary alicyclic amines) is 1. The van der Waals surface area contributed by atoms with E-state index in [2.05, 4.69) is 0 Å². The molecule has 0 radical (unpaired) electrons. The third kappa shape index (κ3) is 2.36. The van der Waals surface area contributed by atoms with Crippen molar-refractivity contribution in [1.29, 1.82) is 0 Å². The molecule has 1 saturated heterocycles. The van der Waals surface area contributed by atoms with E-state index in [1.807, 2.05) is 0 Å². The fraction of sp³-hybridized carbons (Fsp3) is 0.462. The summed E-state index contributed by atoms with van der Waals surface area (Å²) >= 11 is 0. The van der Waals surface area contributed by atoms with Gasteiger partial charge in [0.2, 0.25) is 0 Å². The molecule has 18 heavy (non-hydrogen) atoms. The van der Waals surface area contributed by atoms with Crippen molar-refractivity contribution in [2.24, 2.45) is 0 Å². The lowest BCUT2D eigenvalue weighted by Crippen LogP contribution is -2.43. The van der Waals surface area contributed by atoms with Crippen LogP contribution in [0.25, 0.3) is 0 Å². The molecule has 98 valence electrons. The van der Waals surface area contributed by atoms with Gasteiger partial charge in [-0.2, -0.15) is 0 Å². The number of hydrogen-bond acceptors (Lipinski definition) is 2. The molecule has 1 aromatic rings. The summed E-state index contributed by atoms with van der Waals surface area (Å²) in [5.74, 6) is -2.64. The van der Waals surface area contributed by atoms with Crippen LogP contribution in [-0.2, 0) is 4.79 Å². The Kier molecular flexibility index (Phi) is 3.61. The van der Waals surface area contributed by atoms with Gasteiger partial charge < -0.3 is 5.11 Å². The highest BCUT2D eigenvalue weighted by Crippen LogP contribution is 2.33. The number of carboxylic acid groups (broad SMARTS) is 1. The highest BCUT2D eigenvalue weighted by atomic mass is 19.2. The molecular weight excluding hydrogens is 240 g/mol. The molecule has 1 heterocycles. The average Bonchev–Trinajstić information content (AvgIpc) is 2.33. The summed E-state index contributed by atoms with van der Waals surface area (Å²) < 4.78 is 26.1. The molecule has 1 aliphatic rings. The topological polar surface area (TPSA) is 40.5 Å². The van der Waals surface area contributed by atoms with Crippen molar-refractivity contribution in [3.63, 3.8) is 0 Å². The second-order valence-corrected chi connectivity index (χ2v) is 4.64. The van der Waals surface area contributed by atoms with Gasteiger partial charge in [-0.3, -0.25) is 9.69 Å². The Labute approximate surface area is 104 Å². The van der Waals surface area contributed by atoms with Gasteiger partial charge in [-0.05, 0) is 44.0 Å². The summed E-state index contributed by atoms with van der Waals surface area (Å²) in [5, 5.41) is 9.10. The van der Waals surface area contributed by atoms with Crippen LogP contribution >= 0.6 is 0 Å². The average molecular weight is 255 g/mol. The first-order valence-corrected chi connectivity index (χ1v) is 5.90. The predicted octanol–water partition coefficient (Wildman–Crippen LogP) is 2.57. The number of nitrogens with zero attached hydrogens (tertiary/aromatic N) is 1. The number of carbonyl (C=O) groups is 1. The Morgan fingerprint density at radius 1 is 1.33 bits per heavy atom. The van der Waals surface area contributed by atoms with Gasteiger partial charge in [0.25, 0.3) is 0 Å². The number of piperidine rings is 1. The Bertz CT molecular complexity index is 464. The standard InChI is InChI=1S/C13H15F2NO2/c1-16-11(3-2-4-12(16)13(17)18)8-5-6-9(14)10(15)7-8/h5-7,11-12H,2-4H2,1H3,(H,17,18)/t11-,12+/m0/s1. The van der Waals surface area contributed by atoms with Gasteiger partial charge in [-0.1, -0.05) is 6.07 Å². The maximum Gasteiger partial charge on any atom is 0.320 e. The van der Waals surface area contributed by atoms with Crippen LogP contribution in [-0.4, -0.2) is 29.1 Å². The molecular formula is C13H15F2NO2. The molecule has 1 aromatic carbocycles. The molecule has 1 aliphatic heterocycles. The van der Waals surface area contributed by atoms with Crippen molar-refractivity contribution in [3.8, 4) is 0 Å². The zero-order chi connectivity index (χ0) is 13.3. The summed E-state index contributed by atoms with van der Waals surface area (Å²) in [7, 11) is 1.71. The third-order valence-corrected chi connectivity index (χ3v) is 3.55. The lowest BCUT2D eigenvalue weighted by Gasteiger charge is -2.37. The minimum atomic E-state index is -0.890. The molecule has 0 aromatic heterocycles. The van der Waals surface area contributed by atoms with E-state index in [1.54, 1.807) is 11.9 Å². The number of carboxylic acids is 1. The Hall–Kier alpha value is -1.49. The molecule has 0 bridgehead atoms. The molecule has 0 saturated carbocycles. The lowest BCUT2D eigenvalue weighted by molar-refractivity contribution is -0.145. The SMILES string of the molecule is CN1[C@@H](C(=O)O)CCC[C@H]1c1ccc(F)c(F)c1. The Morgan fingerprint density at radius 2 is 2.06 bits per heavy atom. The van der Waals surface area contributed by atoms with E-state index in [-0.39, 0.29) is 6.04 Å². The molecule has 2 atom stereocenters. The van der Waals surface area contributed by atoms with Crippen LogP contribution in [0, 0.1) is 11.6 Å². The van der Waals surface area contributed by atoms with Crippen LogP contribution in [0.5, 0.6) is 0 Å². The van der Waals surface area contributed by atoms with Crippen LogP contribution in [0.1, 0.15) is 30.9 Å². The number of halogens is 2. The van der Waals surface area contributed by atoms with Gasteiger partial charge in [0.05, 0.1) is 0 Å². The number of aliphatic carboxylic acids is 1. The molecule has 1 N–H and O–H groups in total. The monoisotopic (exact) mass is 255 g/mol. The van der Waals surface area contributed by atoms with Gasteiger partial charge >= 0.3 is 5.97 Å². The Morgan fingerprint density at radius 3 is 2.67 bits per heavy atom. The van der Waals surface area contributed by atoms with E-state index in [0.717, 1.165) is 25.0 Å². The summed E-state index contributed by atoms with van der Waals surface area (Å²) in [6, 6.07) is 3.03. The van der Waals surface area contributed by atoms with Crippen LogP contribution in [0.2, 0.25) is 0 Å². The summed E-state index contributed by atoms with van der Waals surface area (Å²) in [5.41, 5.74) is 0.627. The number of benzene rings is 1. The largest absolute Gasteiger partial charge is 0.480 e. The molecule has 3 nitrogen and oxygen atoms in total. The molecule has 0 amide bonds. The molecule has 1 fully saturated rings. The maximum atomic E-state index is 13.2. The van der Waals surface area contributed by atoms with Crippen LogP contribution in [0.4, 0.5) is 8.78 Å². The molecule has 0 unspecified atom stereocenters. The van der Waals surface area contributed by atoms with E-state index in [0.29, 0.717) is 12.0 Å². The molecule has 0 aliphatic carbocycles. The first-order valence-electron chi connectivity index (χ1n) is 5.90. The highest BCUT2D eigenvalue weighted by Gasteiger charge is 2.33. The number of rotatable bonds is 2. The highest BCUT2D eigenvalue weighted by molar-refractivity contribution is 5.73. The van der Waals surface area contributed by atoms with Gasteiger partial charge in [-0.25, -0.2) is 8.78 Å². The van der Waals surface area contributed by atoms with E-state index >= 15 is 0 Å². The summed E-state index contributed by atoms with van der Waals surface area (Å²) in [6.45, 7) is 0. The van der Waals surface area contributed by atoms with E-state index in [1.165, 1.54) is 6.07 Å². The van der Waals surface area contributed by atoms with Crippen LogP contribution in [0.15, 0.2) is 18.2 Å². The second kappa shape index (κ2) is 5.02. The number of hydrogen-bond donors (Lipinski definition) is 1. The van der Waals surface area contributed by atoms with Crippen molar-refractivity contribution in [1.82, 2.24) is 4.90 Å². The van der Waals surface area contributed by atoms with Gasteiger partial charge in [0.15, 0.2) is 11.6 Å². The quantitative estimate of drug-likeness (QED) is 0.883. The summed E-state index contributed by atoms with van der Waals surface area (Å²) in [6.07, 6.45) is 2.11. The molecule has 0 spiro atoms. The van der Waals surface area contributed by atoms with Crippen molar-refractivity contribution in [2.45, 2.75) is 31.3 Å².